The predicted octanol–water partition coefficient (Wildman–Crippen LogP) is 4.31. The molecule has 1 aromatic carbocycles. The highest BCUT2D eigenvalue weighted by Crippen LogP contribution is 2.27. The normalized spacial score (nSPS) is 11.2. The van der Waals surface area contributed by atoms with Crippen molar-refractivity contribution in [3.05, 3.63) is 58.4 Å². The Labute approximate surface area is 193 Å². The Bertz CT molecular complexity index is 932. The molecule has 0 aliphatic carbocycles. The van der Waals surface area contributed by atoms with Gasteiger partial charge in [0.05, 0.1) is 17.9 Å². The fourth-order valence-corrected chi connectivity index (χ4v) is 4.03. The summed E-state index contributed by atoms with van der Waals surface area (Å²) in [7, 11) is 1.80. The minimum atomic E-state index is 0. The van der Waals surface area contributed by atoms with Gasteiger partial charge in [-0.25, -0.2) is 4.98 Å². The predicted molar refractivity (Wildman–Crippen MR) is 132 cm³/mol. The summed E-state index contributed by atoms with van der Waals surface area (Å²) in [5, 5.41) is 12.3. The Kier molecular flexibility index (Phi) is 9.09. The summed E-state index contributed by atoms with van der Waals surface area (Å²) < 4.78 is 2.05. The molecule has 2 aromatic heterocycles. The second kappa shape index (κ2) is 11.3. The van der Waals surface area contributed by atoms with Crippen molar-refractivity contribution < 1.29 is 0 Å². The first-order valence-corrected chi connectivity index (χ1v) is 10.4. The van der Waals surface area contributed by atoms with Crippen LogP contribution in [0.2, 0.25) is 0 Å². The molecule has 0 saturated carbocycles. The summed E-state index contributed by atoms with van der Waals surface area (Å²) in [4.78, 5) is 10.3. The van der Waals surface area contributed by atoms with Crippen molar-refractivity contribution in [2.75, 3.05) is 13.6 Å². The van der Waals surface area contributed by atoms with Crippen LogP contribution in [0.3, 0.4) is 0 Å². The Balaban J connectivity index is 0.00000300. The number of hydrogen-bond donors (Lipinski definition) is 2. The van der Waals surface area contributed by atoms with Crippen LogP contribution < -0.4 is 10.6 Å². The first-order chi connectivity index (χ1) is 13.6. The van der Waals surface area contributed by atoms with E-state index in [-0.39, 0.29) is 24.0 Å². The van der Waals surface area contributed by atoms with E-state index in [4.69, 9.17) is 4.98 Å². The van der Waals surface area contributed by atoms with Gasteiger partial charge in [-0.2, -0.15) is 5.10 Å². The molecule has 0 saturated heterocycles. The molecule has 2 heterocycles. The van der Waals surface area contributed by atoms with Gasteiger partial charge in [-0.15, -0.1) is 35.3 Å². The van der Waals surface area contributed by atoms with Crippen LogP contribution in [-0.2, 0) is 13.1 Å². The molecule has 29 heavy (non-hydrogen) atoms. The van der Waals surface area contributed by atoms with Gasteiger partial charge in [0.15, 0.2) is 5.96 Å². The van der Waals surface area contributed by atoms with E-state index in [1.807, 2.05) is 25.1 Å². The zero-order chi connectivity index (χ0) is 19.9. The number of benzene rings is 1. The lowest BCUT2D eigenvalue weighted by Gasteiger charge is -2.11. The number of rotatable bonds is 7. The van der Waals surface area contributed by atoms with Crippen LogP contribution in [0.5, 0.6) is 0 Å². The number of guanidine groups is 1. The third-order valence-electron chi connectivity index (χ3n) is 4.50. The van der Waals surface area contributed by atoms with E-state index < -0.39 is 0 Å². The lowest BCUT2D eigenvalue weighted by molar-refractivity contribution is 0.555. The summed E-state index contributed by atoms with van der Waals surface area (Å²) in [5.41, 5.74) is 4.50. The fraction of sp³-hybridized carbons (Fsp3) is 0.381. The Morgan fingerprint density at radius 3 is 2.55 bits per heavy atom. The highest BCUT2D eigenvalue weighted by Gasteiger charge is 2.10. The third kappa shape index (κ3) is 6.53. The number of thiazole rings is 1. The molecule has 0 aliphatic rings. The quantitative estimate of drug-likeness (QED) is 0.209. The van der Waals surface area contributed by atoms with Gasteiger partial charge in [0.1, 0.15) is 5.01 Å². The average Bonchev–Trinajstić information content (AvgIpc) is 3.23. The van der Waals surface area contributed by atoms with Crippen LogP contribution >= 0.6 is 35.3 Å². The third-order valence-corrected chi connectivity index (χ3v) is 5.70. The highest BCUT2D eigenvalue weighted by molar-refractivity contribution is 14.0. The second-order valence-electron chi connectivity index (χ2n) is 6.75. The molecule has 156 valence electrons. The van der Waals surface area contributed by atoms with Gasteiger partial charge in [-0.3, -0.25) is 9.67 Å². The van der Waals surface area contributed by atoms with E-state index in [0.29, 0.717) is 6.54 Å². The lowest BCUT2D eigenvalue weighted by atomic mass is 10.2. The maximum Gasteiger partial charge on any atom is 0.191 e. The lowest BCUT2D eigenvalue weighted by Crippen LogP contribution is -2.37. The number of nitrogens with zero attached hydrogens (tertiary/aromatic N) is 4. The van der Waals surface area contributed by atoms with Crippen molar-refractivity contribution in [2.24, 2.45) is 4.99 Å². The topological polar surface area (TPSA) is 67.1 Å². The highest BCUT2D eigenvalue weighted by atomic mass is 127. The standard InChI is InChI=1S/C21H28N6S.HI/c1-15-13-16(2)27(26-15)12-8-11-23-21(22-4)24-14-19-17(3)25-20(28-19)18-9-6-5-7-10-18;/h5-7,9-10,13H,8,11-12,14H2,1-4H3,(H2,22,23,24);1H. The summed E-state index contributed by atoms with van der Waals surface area (Å²) in [6.07, 6.45) is 0.987. The van der Waals surface area contributed by atoms with Gasteiger partial charge in [-0.1, -0.05) is 30.3 Å². The molecule has 0 bridgehead atoms. The molecule has 0 aliphatic heterocycles. The Morgan fingerprint density at radius 1 is 1.14 bits per heavy atom. The van der Waals surface area contributed by atoms with Crippen molar-refractivity contribution >= 4 is 41.3 Å². The van der Waals surface area contributed by atoms with Crippen molar-refractivity contribution in [3.8, 4) is 10.6 Å². The van der Waals surface area contributed by atoms with E-state index >= 15 is 0 Å². The van der Waals surface area contributed by atoms with Crippen molar-refractivity contribution in [1.29, 1.82) is 0 Å². The molecule has 0 unspecified atom stereocenters. The molecule has 0 spiro atoms. The van der Waals surface area contributed by atoms with Crippen molar-refractivity contribution in [1.82, 2.24) is 25.4 Å². The Morgan fingerprint density at radius 2 is 1.90 bits per heavy atom. The summed E-state index contributed by atoms with van der Waals surface area (Å²) >= 11 is 1.73. The summed E-state index contributed by atoms with van der Waals surface area (Å²) in [6.45, 7) is 8.64. The molecule has 8 heteroatoms. The van der Waals surface area contributed by atoms with Crippen LogP contribution in [0.1, 0.15) is 28.4 Å². The molecule has 0 atom stereocenters. The second-order valence-corrected chi connectivity index (χ2v) is 7.83. The monoisotopic (exact) mass is 524 g/mol. The van der Waals surface area contributed by atoms with E-state index in [0.717, 1.165) is 47.4 Å². The minimum Gasteiger partial charge on any atom is -0.356 e. The molecule has 2 N–H and O–H groups in total. The van der Waals surface area contributed by atoms with Gasteiger partial charge >= 0.3 is 0 Å². The molecular formula is C21H29IN6S. The number of hydrogen-bond acceptors (Lipinski definition) is 4. The first-order valence-electron chi connectivity index (χ1n) is 9.54. The zero-order valence-corrected chi connectivity index (χ0v) is 20.5. The van der Waals surface area contributed by atoms with Crippen LogP contribution in [-0.4, -0.2) is 34.3 Å². The molecule has 0 radical (unpaired) electrons. The number of halogens is 1. The zero-order valence-electron chi connectivity index (χ0n) is 17.4. The SMILES string of the molecule is CN=C(NCCCn1nc(C)cc1C)NCc1sc(-c2ccccc2)nc1C.I. The van der Waals surface area contributed by atoms with Crippen LogP contribution in [0.4, 0.5) is 0 Å². The average molecular weight is 524 g/mol. The van der Waals surface area contributed by atoms with E-state index in [1.165, 1.54) is 10.6 Å². The van der Waals surface area contributed by atoms with Gasteiger partial charge in [0, 0.05) is 36.3 Å². The summed E-state index contributed by atoms with van der Waals surface area (Å²) in [6, 6.07) is 12.4. The van der Waals surface area contributed by atoms with Crippen LogP contribution in [0.25, 0.3) is 10.6 Å². The molecule has 3 rings (SSSR count). The van der Waals surface area contributed by atoms with E-state index in [2.05, 4.69) is 57.5 Å². The molecular weight excluding hydrogens is 495 g/mol. The van der Waals surface area contributed by atoms with Crippen LogP contribution in [0, 0.1) is 20.8 Å². The van der Waals surface area contributed by atoms with Crippen molar-refractivity contribution in [2.45, 2.75) is 40.3 Å². The van der Waals surface area contributed by atoms with E-state index in [1.54, 1.807) is 18.4 Å². The number of aryl methyl sites for hydroxylation is 4. The molecule has 0 amide bonds. The molecule has 3 aromatic rings. The van der Waals surface area contributed by atoms with Crippen molar-refractivity contribution in [3.63, 3.8) is 0 Å². The van der Waals surface area contributed by atoms with Gasteiger partial charge < -0.3 is 10.6 Å². The maximum atomic E-state index is 4.71. The van der Waals surface area contributed by atoms with Gasteiger partial charge in [-0.05, 0) is 33.3 Å². The van der Waals surface area contributed by atoms with Crippen LogP contribution in [0.15, 0.2) is 41.4 Å². The number of nitrogens with one attached hydrogen (secondary N) is 2. The fourth-order valence-electron chi connectivity index (χ4n) is 3.02. The van der Waals surface area contributed by atoms with E-state index in [9.17, 15) is 0 Å². The summed E-state index contributed by atoms with van der Waals surface area (Å²) in [5.74, 6) is 0.808. The largest absolute Gasteiger partial charge is 0.356 e. The smallest absolute Gasteiger partial charge is 0.191 e. The first kappa shape index (κ1) is 23.3. The minimum absolute atomic E-state index is 0. The number of aliphatic imine (C=N–C) groups is 1. The molecule has 6 nitrogen and oxygen atoms in total. The Hall–Kier alpha value is -1.94. The molecule has 0 fully saturated rings. The number of aromatic nitrogens is 3. The van der Waals surface area contributed by atoms with Gasteiger partial charge in [0.25, 0.3) is 0 Å². The maximum absolute atomic E-state index is 4.71. The van der Waals surface area contributed by atoms with Gasteiger partial charge in [0.2, 0.25) is 0 Å².